The van der Waals surface area contributed by atoms with Crippen molar-refractivity contribution in [1.29, 1.82) is 0 Å². The van der Waals surface area contributed by atoms with Gasteiger partial charge in [0.05, 0.1) is 23.9 Å². The Bertz CT molecular complexity index is 636. The van der Waals surface area contributed by atoms with E-state index in [9.17, 15) is 9.59 Å². The molecule has 0 aliphatic heterocycles. The molecule has 0 aliphatic carbocycles. The van der Waals surface area contributed by atoms with Gasteiger partial charge < -0.3 is 14.5 Å². The van der Waals surface area contributed by atoms with E-state index in [4.69, 9.17) is 9.15 Å². The highest BCUT2D eigenvalue weighted by Crippen LogP contribution is 2.09. The summed E-state index contributed by atoms with van der Waals surface area (Å²) in [7, 11) is 0. The maximum absolute atomic E-state index is 11.7. The summed E-state index contributed by atoms with van der Waals surface area (Å²) < 4.78 is 9.78. The molecular formula is C13H14N2O4. The van der Waals surface area contributed by atoms with Gasteiger partial charge in [0.2, 0.25) is 0 Å². The lowest BCUT2D eigenvalue weighted by Crippen LogP contribution is -2.13. The SMILES string of the molecule is CCOC(=O)CCNc1nc2ccccc2c(=O)o1. The average molecular weight is 262 g/mol. The van der Waals surface area contributed by atoms with Gasteiger partial charge in [0, 0.05) is 6.54 Å². The maximum atomic E-state index is 11.7. The fourth-order valence-electron chi connectivity index (χ4n) is 1.60. The number of benzene rings is 1. The number of ether oxygens (including phenoxy) is 1. The minimum atomic E-state index is -0.454. The third kappa shape index (κ3) is 3.31. The number of nitrogens with zero attached hydrogens (tertiary/aromatic N) is 1. The first-order valence-corrected chi connectivity index (χ1v) is 6.00. The van der Waals surface area contributed by atoms with Crippen molar-refractivity contribution in [3.63, 3.8) is 0 Å². The van der Waals surface area contributed by atoms with Crippen LogP contribution in [-0.4, -0.2) is 24.1 Å². The lowest BCUT2D eigenvalue weighted by atomic mass is 10.2. The van der Waals surface area contributed by atoms with Gasteiger partial charge >= 0.3 is 11.6 Å². The molecule has 2 rings (SSSR count). The molecule has 0 saturated heterocycles. The first-order valence-electron chi connectivity index (χ1n) is 6.00. The van der Waals surface area contributed by atoms with Crippen LogP contribution in [0.5, 0.6) is 0 Å². The van der Waals surface area contributed by atoms with E-state index < -0.39 is 5.63 Å². The quantitative estimate of drug-likeness (QED) is 0.823. The van der Waals surface area contributed by atoms with E-state index in [2.05, 4.69) is 10.3 Å². The van der Waals surface area contributed by atoms with Crippen LogP contribution in [0.2, 0.25) is 0 Å². The number of anilines is 1. The number of fused-ring (bicyclic) bond motifs is 1. The summed E-state index contributed by atoms with van der Waals surface area (Å²) in [5.74, 6) is -0.307. The monoisotopic (exact) mass is 262 g/mol. The number of hydrogen-bond acceptors (Lipinski definition) is 6. The minimum absolute atomic E-state index is 0.105. The van der Waals surface area contributed by atoms with E-state index in [-0.39, 0.29) is 18.4 Å². The Kier molecular flexibility index (Phi) is 4.12. The third-order valence-corrected chi connectivity index (χ3v) is 2.45. The van der Waals surface area contributed by atoms with Crippen LogP contribution in [0.1, 0.15) is 13.3 Å². The van der Waals surface area contributed by atoms with Crippen molar-refractivity contribution >= 4 is 22.9 Å². The zero-order valence-corrected chi connectivity index (χ0v) is 10.5. The molecule has 0 aliphatic rings. The van der Waals surface area contributed by atoms with Crippen molar-refractivity contribution in [3.05, 3.63) is 34.7 Å². The second kappa shape index (κ2) is 5.99. The summed E-state index contributed by atoms with van der Waals surface area (Å²) in [6.45, 7) is 2.39. The molecule has 0 saturated carbocycles. The molecule has 1 aromatic carbocycles. The Morgan fingerprint density at radius 3 is 3.00 bits per heavy atom. The molecule has 0 bridgehead atoms. The number of esters is 1. The molecule has 0 spiro atoms. The van der Waals surface area contributed by atoms with Crippen LogP contribution in [0.15, 0.2) is 33.5 Å². The van der Waals surface area contributed by atoms with Crippen molar-refractivity contribution in [2.75, 3.05) is 18.5 Å². The number of aromatic nitrogens is 1. The van der Waals surface area contributed by atoms with Crippen molar-refractivity contribution in [3.8, 4) is 0 Å². The van der Waals surface area contributed by atoms with Gasteiger partial charge in [0.15, 0.2) is 0 Å². The van der Waals surface area contributed by atoms with Crippen LogP contribution >= 0.6 is 0 Å². The predicted octanol–water partition coefficient (Wildman–Crippen LogP) is 1.55. The number of rotatable bonds is 5. The highest BCUT2D eigenvalue weighted by molar-refractivity contribution is 5.77. The topological polar surface area (TPSA) is 81.4 Å². The van der Waals surface area contributed by atoms with Crippen LogP contribution in [-0.2, 0) is 9.53 Å². The maximum Gasteiger partial charge on any atom is 0.348 e. The predicted molar refractivity (Wildman–Crippen MR) is 70.0 cm³/mol. The van der Waals surface area contributed by atoms with Crippen molar-refractivity contribution in [1.82, 2.24) is 4.98 Å². The van der Waals surface area contributed by atoms with E-state index in [0.29, 0.717) is 24.1 Å². The summed E-state index contributed by atoms with van der Waals surface area (Å²) in [6.07, 6.45) is 0.187. The number of carbonyl (C=O) groups excluding carboxylic acids is 1. The first kappa shape index (κ1) is 13.1. The lowest BCUT2D eigenvalue weighted by Gasteiger charge is -2.04. The van der Waals surface area contributed by atoms with Gasteiger partial charge in [-0.25, -0.2) is 4.79 Å². The van der Waals surface area contributed by atoms with Crippen LogP contribution < -0.4 is 10.9 Å². The van der Waals surface area contributed by atoms with E-state index >= 15 is 0 Å². The van der Waals surface area contributed by atoms with Gasteiger partial charge in [-0.05, 0) is 19.1 Å². The number of para-hydroxylation sites is 1. The summed E-state index contributed by atoms with van der Waals surface area (Å²) >= 11 is 0. The summed E-state index contributed by atoms with van der Waals surface area (Å²) in [5.41, 5.74) is 0.0987. The number of hydrogen-bond donors (Lipinski definition) is 1. The zero-order chi connectivity index (χ0) is 13.7. The second-order valence-electron chi connectivity index (χ2n) is 3.81. The van der Waals surface area contributed by atoms with E-state index in [1.165, 1.54) is 0 Å². The molecule has 0 radical (unpaired) electrons. The molecule has 2 aromatic rings. The minimum Gasteiger partial charge on any atom is -0.466 e. The molecule has 1 N–H and O–H groups in total. The molecular weight excluding hydrogens is 248 g/mol. The summed E-state index contributed by atoms with van der Waals surface area (Å²) in [4.78, 5) is 26.9. The molecule has 0 fully saturated rings. The van der Waals surface area contributed by atoms with Gasteiger partial charge in [-0.15, -0.1) is 0 Å². The Balaban J connectivity index is 2.05. The normalized spacial score (nSPS) is 10.4. The van der Waals surface area contributed by atoms with Gasteiger partial charge in [0.25, 0.3) is 6.01 Å². The van der Waals surface area contributed by atoms with Crippen molar-refractivity contribution in [2.24, 2.45) is 0 Å². The highest BCUT2D eigenvalue weighted by Gasteiger charge is 2.06. The Morgan fingerprint density at radius 1 is 1.42 bits per heavy atom. The molecule has 6 heteroatoms. The van der Waals surface area contributed by atoms with E-state index in [1.54, 1.807) is 31.2 Å². The Morgan fingerprint density at radius 2 is 2.21 bits per heavy atom. The molecule has 0 unspecified atom stereocenters. The third-order valence-electron chi connectivity index (χ3n) is 2.45. The van der Waals surface area contributed by atoms with Gasteiger partial charge in [-0.1, -0.05) is 12.1 Å². The standard InChI is InChI=1S/C13H14N2O4/c1-2-18-11(16)7-8-14-13-15-10-6-4-3-5-9(10)12(17)19-13/h3-6H,2,7-8H2,1H3,(H,14,15). The molecule has 0 atom stereocenters. The van der Waals surface area contributed by atoms with Crippen LogP contribution in [0.4, 0.5) is 6.01 Å². The largest absolute Gasteiger partial charge is 0.466 e. The molecule has 0 amide bonds. The van der Waals surface area contributed by atoms with Crippen LogP contribution in [0, 0.1) is 0 Å². The van der Waals surface area contributed by atoms with E-state index in [1.807, 2.05) is 0 Å². The fraction of sp³-hybridized carbons (Fsp3) is 0.308. The van der Waals surface area contributed by atoms with E-state index in [0.717, 1.165) is 0 Å². The Labute approximate surface area is 109 Å². The van der Waals surface area contributed by atoms with Crippen molar-refractivity contribution < 1.29 is 13.9 Å². The number of nitrogens with one attached hydrogen (secondary N) is 1. The molecule has 19 heavy (non-hydrogen) atoms. The lowest BCUT2D eigenvalue weighted by molar-refractivity contribution is -0.142. The fourth-order valence-corrected chi connectivity index (χ4v) is 1.60. The van der Waals surface area contributed by atoms with Gasteiger partial charge in [0.1, 0.15) is 0 Å². The average Bonchev–Trinajstić information content (AvgIpc) is 2.39. The smallest absolute Gasteiger partial charge is 0.348 e. The zero-order valence-electron chi connectivity index (χ0n) is 10.5. The molecule has 1 heterocycles. The highest BCUT2D eigenvalue weighted by atomic mass is 16.5. The molecule has 100 valence electrons. The summed E-state index contributed by atoms with van der Waals surface area (Å²) in [5, 5.41) is 3.22. The van der Waals surface area contributed by atoms with Crippen LogP contribution in [0.25, 0.3) is 10.9 Å². The van der Waals surface area contributed by atoms with Gasteiger partial charge in [-0.2, -0.15) is 4.98 Å². The molecule has 6 nitrogen and oxygen atoms in total. The number of carbonyl (C=O) groups is 1. The first-order chi connectivity index (χ1) is 9.20. The molecule has 1 aromatic heterocycles. The summed E-state index contributed by atoms with van der Waals surface area (Å²) in [6, 6.07) is 7.01. The van der Waals surface area contributed by atoms with Crippen LogP contribution in [0.3, 0.4) is 0 Å². The van der Waals surface area contributed by atoms with Crippen molar-refractivity contribution in [2.45, 2.75) is 13.3 Å². The Hall–Kier alpha value is -2.37. The second-order valence-corrected chi connectivity index (χ2v) is 3.81. The van der Waals surface area contributed by atoms with Gasteiger partial charge in [-0.3, -0.25) is 4.79 Å².